The van der Waals surface area contributed by atoms with Gasteiger partial charge in [0.25, 0.3) is 0 Å². The molecular weight excluding hydrogens is 448 g/mol. The highest BCUT2D eigenvalue weighted by molar-refractivity contribution is 9.10. The van der Waals surface area contributed by atoms with Crippen LogP contribution >= 0.6 is 27.7 Å². The largest absolute Gasteiger partial charge is 0.325 e. The maximum absolute atomic E-state index is 12.6. The van der Waals surface area contributed by atoms with Gasteiger partial charge in [-0.1, -0.05) is 71.9 Å². The minimum Gasteiger partial charge on any atom is -0.325 e. The first-order valence-corrected chi connectivity index (χ1v) is 11.6. The fraction of sp³-hybridized carbons (Fsp3) is 0.318. The first kappa shape index (κ1) is 21.6. The lowest BCUT2D eigenvalue weighted by Crippen LogP contribution is -2.17. The van der Waals surface area contributed by atoms with Crippen LogP contribution in [0.25, 0.3) is 11.4 Å². The zero-order chi connectivity index (χ0) is 20.8. The van der Waals surface area contributed by atoms with Crippen molar-refractivity contribution in [2.24, 2.45) is 0 Å². The van der Waals surface area contributed by atoms with Crippen LogP contribution in [-0.2, 0) is 24.2 Å². The minimum atomic E-state index is -0.0264. The predicted octanol–water partition coefficient (Wildman–Crippen LogP) is 5.58. The maximum Gasteiger partial charge on any atom is 0.234 e. The summed E-state index contributed by atoms with van der Waals surface area (Å²) in [4.78, 5) is 12.6. The van der Waals surface area contributed by atoms with Gasteiger partial charge in [-0.05, 0) is 43.0 Å². The van der Waals surface area contributed by atoms with E-state index < -0.39 is 0 Å². The third-order valence-electron chi connectivity index (χ3n) is 4.73. The summed E-state index contributed by atoms with van der Waals surface area (Å²) in [5.41, 5.74) is 4.29. The fourth-order valence-electron chi connectivity index (χ4n) is 3.20. The molecule has 0 atom stereocenters. The third kappa shape index (κ3) is 5.08. The van der Waals surface area contributed by atoms with E-state index >= 15 is 0 Å². The Kier molecular flexibility index (Phi) is 7.50. The maximum atomic E-state index is 12.6. The molecule has 29 heavy (non-hydrogen) atoms. The Bertz CT molecular complexity index is 963. The van der Waals surface area contributed by atoms with Crippen LogP contribution in [0, 0.1) is 0 Å². The van der Waals surface area contributed by atoms with E-state index in [-0.39, 0.29) is 5.91 Å². The SMILES string of the molecule is CCc1cccc(CC)c1NC(=O)CSc1nnc(-c2ccc(Br)cc2)n1CC. The highest BCUT2D eigenvalue weighted by Crippen LogP contribution is 2.26. The van der Waals surface area contributed by atoms with Crippen molar-refractivity contribution < 1.29 is 4.79 Å². The Morgan fingerprint density at radius 2 is 1.69 bits per heavy atom. The van der Waals surface area contributed by atoms with Crippen LogP contribution in [0.2, 0.25) is 0 Å². The number of aromatic nitrogens is 3. The van der Waals surface area contributed by atoms with Crippen molar-refractivity contribution in [2.45, 2.75) is 45.3 Å². The zero-order valence-corrected chi connectivity index (χ0v) is 19.3. The molecule has 0 saturated carbocycles. The lowest BCUT2D eigenvalue weighted by molar-refractivity contribution is -0.113. The smallest absolute Gasteiger partial charge is 0.234 e. The number of para-hydroxylation sites is 1. The van der Waals surface area contributed by atoms with E-state index in [0.29, 0.717) is 5.75 Å². The molecule has 152 valence electrons. The van der Waals surface area contributed by atoms with E-state index in [9.17, 15) is 4.79 Å². The minimum absolute atomic E-state index is 0.0264. The average molecular weight is 473 g/mol. The molecule has 2 aromatic carbocycles. The van der Waals surface area contributed by atoms with Crippen LogP contribution < -0.4 is 5.32 Å². The van der Waals surface area contributed by atoms with Gasteiger partial charge in [-0.3, -0.25) is 4.79 Å². The second-order valence-electron chi connectivity index (χ2n) is 6.55. The van der Waals surface area contributed by atoms with Gasteiger partial charge in [0.2, 0.25) is 5.91 Å². The number of rotatable bonds is 8. The monoisotopic (exact) mass is 472 g/mol. The van der Waals surface area contributed by atoms with E-state index in [2.05, 4.69) is 70.4 Å². The summed E-state index contributed by atoms with van der Waals surface area (Å²) >= 11 is 4.87. The first-order chi connectivity index (χ1) is 14.1. The highest BCUT2D eigenvalue weighted by atomic mass is 79.9. The molecule has 3 rings (SSSR count). The van der Waals surface area contributed by atoms with Gasteiger partial charge in [0, 0.05) is 22.3 Å². The van der Waals surface area contributed by atoms with Crippen LogP contribution in [0.1, 0.15) is 31.9 Å². The molecule has 0 radical (unpaired) electrons. The van der Waals surface area contributed by atoms with Crippen LogP contribution in [-0.4, -0.2) is 26.4 Å². The number of carbonyl (C=O) groups excluding carboxylic acids is 1. The van der Waals surface area contributed by atoms with E-state index in [1.807, 2.05) is 28.8 Å². The molecule has 0 spiro atoms. The van der Waals surface area contributed by atoms with E-state index in [0.717, 1.165) is 57.2 Å². The summed E-state index contributed by atoms with van der Waals surface area (Å²) in [6, 6.07) is 14.2. The van der Waals surface area contributed by atoms with Gasteiger partial charge in [-0.15, -0.1) is 10.2 Å². The van der Waals surface area contributed by atoms with Gasteiger partial charge >= 0.3 is 0 Å². The van der Waals surface area contributed by atoms with Gasteiger partial charge in [0.1, 0.15) is 0 Å². The Balaban J connectivity index is 1.72. The molecule has 1 aromatic heterocycles. The normalized spacial score (nSPS) is 10.9. The van der Waals surface area contributed by atoms with Crippen LogP contribution in [0.4, 0.5) is 5.69 Å². The zero-order valence-electron chi connectivity index (χ0n) is 16.9. The molecule has 1 heterocycles. The van der Waals surface area contributed by atoms with Crippen molar-refractivity contribution in [3.8, 4) is 11.4 Å². The number of carbonyl (C=O) groups is 1. The number of anilines is 1. The summed E-state index contributed by atoms with van der Waals surface area (Å²) < 4.78 is 3.06. The number of amides is 1. The van der Waals surface area contributed by atoms with Crippen LogP contribution in [0.5, 0.6) is 0 Å². The number of nitrogens with one attached hydrogen (secondary N) is 1. The molecule has 0 unspecified atom stereocenters. The topological polar surface area (TPSA) is 59.8 Å². The van der Waals surface area contributed by atoms with Crippen molar-refractivity contribution >= 4 is 39.3 Å². The fourth-order valence-corrected chi connectivity index (χ4v) is 4.27. The van der Waals surface area contributed by atoms with Crippen molar-refractivity contribution in [2.75, 3.05) is 11.1 Å². The molecule has 1 amide bonds. The number of aryl methyl sites for hydroxylation is 2. The number of hydrogen-bond acceptors (Lipinski definition) is 4. The first-order valence-electron chi connectivity index (χ1n) is 9.79. The highest BCUT2D eigenvalue weighted by Gasteiger charge is 2.16. The Hall–Kier alpha value is -2.12. The van der Waals surface area contributed by atoms with Gasteiger partial charge < -0.3 is 9.88 Å². The van der Waals surface area contributed by atoms with Crippen LogP contribution in [0.15, 0.2) is 52.1 Å². The van der Waals surface area contributed by atoms with Gasteiger partial charge in [-0.25, -0.2) is 0 Å². The summed E-state index contributed by atoms with van der Waals surface area (Å²) in [6.07, 6.45) is 1.77. The summed E-state index contributed by atoms with van der Waals surface area (Å²) in [5.74, 6) is 1.08. The van der Waals surface area contributed by atoms with Crippen molar-refractivity contribution in [1.82, 2.24) is 14.8 Å². The van der Waals surface area contributed by atoms with Crippen molar-refractivity contribution in [3.63, 3.8) is 0 Å². The second-order valence-corrected chi connectivity index (χ2v) is 8.41. The van der Waals surface area contributed by atoms with Gasteiger partial charge in [-0.2, -0.15) is 0 Å². The molecule has 3 aromatic rings. The van der Waals surface area contributed by atoms with E-state index in [4.69, 9.17) is 0 Å². The molecule has 0 saturated heterocycles. The molecule has 7 heteroatoms. The number of hydrogen-bond donors (Lipinski definition) is 1. The lowest BCUT2D eigenvalue weighted by atomic mass is 10.0. The van der Waals surface area contributed by atoms with Gasteiger partial charge in [0.15, 0.2) is 11.0 Å². The second kappa shape index (κ2) is 10.1. The van der Waals surface area contributed by atoms with Crippen molar-refractivity contribution in [3.05, 3.63) is 58.1 Å². The standard InChI is InChI=1S/C22H25BrN4OS/c1-4-15-8-7-9-16(5-2)20(15)24-19(28)14-29-22-26-25-21(27(22)6-3)17-10-12-18(23)13-11-17/h7-13H,4-6,14H2,1-3H3,(H,24,28). The molecule has 5 nitrogen and oxygen atoms in total. The predicted molar refractivity (Wildman–Crippen MR) is 123 cm³/mol. The summed E-state index contributed by atoms with van der Waals surface area (Å²) in [7, 11) is 0. The molecular formula is C22H25BrN4OS. The number of halogens is 1. The Morgan fingerprint density at radius 1 is 1.03 bits per heavy atom. The molecule has 0 aliphatic carbocycles. The third-order valence-corrected chi connectivity index (χ3v) is 6.23. The average Bonchev–Trinajstić information content (AvgIpc) is 3.15. The number of benzene rings is 2. The Labute approximate surface area is 184 Å². The summed E-state index contributed by atoms with van der Waals surface area (Å²) in [6.45, 7) is 7.00. The molecule has 1 N–H and O–H groups in total. The molecule has 0 aliphatic rings. The van der Waals surface area contributed by atoms with Crippen LogP contribution in [0.3, 0.4) is 0 Å². The van der Waals surface area contributed by atoms with E-state index in [1.54, 1.807) is 0 Å². The molecule has 0 aliphatic heterocycles. The summed E-state index contributed by atoms with van der Waals surface area (Å²) in [5, 5.41) is 12.5. The molecule has 0 bridgehead atoms. The number of nitrogens with zero attached hydrogens (tertiary/aromatic N) is 3. The number of thioether (sulfide) groups is 1. The quantitative estimate of drug-likeness (QED) is 0.434. The van der Waals surface area contributed by atoms with Gasteiger partial charge in [0.05, 0.1) is 5.75 Å². The van der Waals surface area contributed by atoms with Crippen molar-refractivity contribution in [1.29, 1.82) is 0 Å². The Morgan fingerprint density at radius 3 is 2.28 bits per heavy atom. The lowest BCUT2D eigenvalue weighted by Gasteiger charge is -2.14. The van der Waals surface area contributed by atoms with E-state index in [1.165, 1.54) is 11.8 Å². The molecule has 0 fully saturated rings.